The zero-order valence-corrected chi connectivity index (χ0v) is 10.8. The van der Waals surface area contributed by atoms with Crippen LogP contribution >= 0.6 is 11.6 Å². The van der Waals surface area contributed by atoms with Crippen LogP contribution in [0.1, 0.15) is 10.4 Å². The van der Waals surface area contributed by atoms with E-state index in [1.54, 1.807) is 30.3 Å². The summed E-state index contributed by atoms with van der Waals surface area (Å²) in [5.74, 6) is -0.380. The number of nitrogens with two attached hydrogens (primary N) is 1. The average molecular weight is 293 g/mol. The van der Waals surface area contributed by atoms with E-state index in [4.69, 9.17) is 22.1 Å². The van der Waals surface area contributed by atoms with Crippen LogP contribution in [-0.2, 0) is 0 Å². The van der Waals surface area contributed by atoms with Crippen LogP contribution in [0.4, 0.5) is 5.69 Å². The van der Waals surface area contributed by atoms with Crippen molar-refractivity contribution in [3.63, 3.8) is 0 Å². The fraction of sp³-hybridized carbons (Fsp3) is 0. The van der Waals surface area contributed by atoms with Crippen LogP contribution in [0.15, 0.2) is 42.5 Å². The van der Waals surface area contributed by atoms with Crippen molar-refractivity contribution < 1.29 is 14.5 Å². The van der Waals surface area contributed by atoms with Crippen LogP contribution in [0.3, 0.4) is 0 Å². The number of rotatable bonds is 4. The van der Waals surface area contributed by atoms with Gasteiger partial charge in [-0.2, -0.15) is 0 Å². The SMILES string of the molecule is NC(=O)c1ccc(Oc2ccccc2)c(Cl)c1[N+](=O)[O-]. The Morgan fingerprint density at radius 1 is 1.20 bits per heavy atom. The van der Waals surface area contributed by atoms with Gasteiger partial charge < -0.3 is 10.5 Å². The number of hydrogen-bond acceptors (Lipinski definition) is 4. The number of carbonyl (C=O) groups is 1. The quantitative estimate of drug-likeness (QED) is 0.691. The van der Waals surface area contributed by atoms with Gasteiger partial charge >= 0.3 is 5.69 Å². The van der Waals surface area contributed by atoms with Gasteiger partial charge in [0.25, 0.3) is 5.91 Å². The third-order valence-corrected chi connectivity index (χ3v) is 2.87. The largest absolute Gasteiger partial charge is 0.456 e. The number of primary amides is 1. The number of benzene rings is 2. The van der Waals surface area contributed by atoms with Gasteiger partial charge in [-0.05, 0) is 24.3 Å². The van der Waals surface area contributed by atoms with Gasteiger partial charge in [0.05, 0.1) is 4.92 Å². The van der Waals surface area contributed by atoms with E-state index in [0.29, 0.717) is 5.75 Å². The van der Waals surface area contributed by atoms with E-state index in [-0.39, 0.29) is 16.3 Å². The standard InChI is InChI=1S/C13H9ClN2O4/c14-11-10(20-8-4-2-1-3-5-8)7-6-9(13(15)17)12(11)16(18)19/h1-7H,(H2,15,17). The summed E-state index contributed by atoms with van der Waals surface area (Å²) in [7, 11) is 0. The fourth-order valence-corrected chi connectivity index (χ4v) is 1.89. The molecule has 2 rings (SSSR count). The van der Waals surface area contributed by atoms with Gasteiger partial charge in [0, 0.05) is 0 Å². The molecule has 7 heteroatoms. The Balaban J connectivity index is 2.49. The molecule has 20 heavy (non-hydrogen) atoms. The molecule has 0 heterocycles. The third-order valence-electron chi connectivity index (χ3n) is 2.50. The smallest absolute Gasteiger partial charge is 0.304 e. The fourth-order valence-electron chi connectivity index (χ4n) is 1.62. The molecule has 0 atom stereocenters. The van der Waals surface area contributed by atoms with Crippen molar-refractivity contribution in [3.05, 3.63) is 63.2 Å². The topological polar surface area (TPSA) is 95.5 Å². The molecule has 0 saturated heterocycles. The number of nitrogens with zero attached hydrogens (tertiary/aromatic N) is 1. The van der Waals surface area contributed by atoms with Crippen molar-refractivity contribution in [2.45, 2.75) is 0 Å². The Kier molecular flexibility index (Phi) is 3.86. The van der Waals surface area contributed by atoms with E-state index in [0.717, 1.165) is 0 Å². The molecule has 102 valence electrons. The number of nitro benzene ring substituents is 1. The maximum absolute atomic E-state index is 11.2. The normalized spacial score (nSPS) is 10.1. The van der Waals surface area contributed by atoms with Gasteiger partial charge in [0.15, 0.2) is 10.8 Å². The van der Waals surface area contributed by atoms with E-state index in [2.05, 4.69) is 0 Å². The minimum atomic E-state index is -0.926. The van der Waals surface area contributed by atoms with Crippen LogP contribution in [0, 0.1) is 10.1 Å². The predicted molar refractivity (Wildman–Crippen MR) is 73.1 cm³/mol. The van der Waals surface area contributed by atoms with E-state index < -0.39 is 16.5 Å². The van der Waals surface area contributed by atoms with Crippen LogP contribution in [-0.4, -0.2) is 10.8 Å². The van der Waals surface area contributed by atoms with Crippen molar-refractivity contribution in [2.24, 2.45) is 5.73 Å². The van der Waals surface area contributed by atoms with Crippen molar-refractivity contribution in [1.29, 1.82) is 0 Å². The molecular weight excluding hydrogens is 284 g/mol. The lowest BCUT2D eigenvalue weighted by molar-refractivity contribution is -0.385. The Bertz CT molecular complexity index is 674. The second-order valence-electron chi connectivity index (χ2n) is 3.81. The average Bonchev–Trinajstić information content (AvgIpc) is 2.41. The molecular formula is C13H9ClN2O4. The molecule has 1 amide bonds. The molecule has 0 unspecified atom stereocenters. The molecule has 0 radical (unpaired) electrons. The highest BCUT2D eigenvalue weighted by Gasteiger charge is 2.26. The van der Waals surface area contributed by atoms with E-state index >= 15 is 0 Å². The van der Waals surface area contributed by atoms with Gasteiger partial charge in [-0.25, -0.2) is 0 Å². The van der Waals surface area contributed by atoms with E-state index in [1.807, 2.05) is 0 Å². The number of ether oxygens (including phenoxy) is 1. The lowest BCUT2D eigenvalue weighted by Crippen LogP contribution is -2.13. The molecule has 0 bridgehead atoms. The van der Waals surface area contributed by atoms with Gasteiger partial charge in [0.2, 0.25) is 0 Å². The first-order chi connectivity index (χ1) is 9.50. The summed E-state index contributed by atoms with van der Waals surface area (Å²) in [4.78, 5) is 21.4. The zero-order valence-electron chi connectivity index (χ0n) is 10.1. The Morgan fingerprint density at radius 3 is 2.40 bits per heavy atom. The lowest BCUT2D eigenvalue weighted by atomic mass is 10.1. The summed E-state index contributed by atoms with van der Waals surface area (Å²) in [5, 5.41) is 10.7. The molecule has 0 fully saturated rings. The highest BCUT2D eigenvalue weighted by atomic mass is 35.5. The number of carbonyl (C=O) groups excluding carboxylic acids is 1. The summed E-state index contributed by atoms with van der Waals surface area (Å²) < 4.78 is 5.45. The molecule has 2 N–H and O–H groups in total. The van der Waals surface area contributed by atoms with Gasteiger partial charge in [-0.1, -0.05) is 29.8 Å². The molecule has 6 nitrogen and oxygen atoms in total. The Hall–Kier alpha value is -2.60. The summed E-state index contributed by atoms with van der Waals surface area (Å²) in [5.41, 5.74) is 4.26. The third kappa shape index (κ3) is 2.70. The first kappa shape index (κ1) is 13.8. The van der Waals surface area contributed by atoms with Crippen LogP contribution < -0.4 is 10.5 Å². The molecule has 2 aromatic carbocycles. The van der Waals surface area contributed by atoms with Crippen LogP contribution in [0.5, 0.6) is 11.5 Å². The molecule has 0 aromatic heterocycles. The number of halogens is 1. The van der Waals surface area contributed by atoms with Crippen molar-refractivity contribution in [1.82, 2.24) is 0 Å². The van der Waals surface area contributed by atoms with Crippen LogP contribution in [0.2, 0.25) is 5.02 Å². The van der Waals surface area contributed by atoms with E-state index in [9.17, 15) is 14.9 Å². The first-order valence-electron chi connectivity index (χ1n) is 5.50. The van der Waals surface area contributed by atoms with Gasteiger partial charge in [0.1, 0.15) is 11.3 Å². The molecule has 0 aliphatic heterocycles. The molecule has 2 aromatic rings. The Labute approximate surface area is 118 Å². The van der Waals surface area contributed by atoms with Crippen molar-refractivity contribution >= 4 is 23.2 Å². The monoisotopic (exact) mass is 292 g/mol. The summed E-state index contributed by atoms with van der Waals surface area (Å²) in [6, 6.07) is 11.2. The first-order valence-corrected chi connectivity index (χ1v) is 5.88. The molecule has 0 aliphatic carbocycles. The number of para-hydroxylation sites is 1. The number of nitro groups is 1. The predicted octanol–water partition coefficient (Wildman–Crippen LogP) is 3.14. The van der Waals surface area contributed by atoms with Crippen molar-refractivity contribution in [2.75, 3.05) is 0 Å². The second-order valence-corrected chi connectivity index (χ2v) is 4.19. The summed E-state index contributed by atoms with van der Waals surface area (Å²) >= 11 is 5.93. The molecule has 0 spiro atoms. The van der Waals surface area contributed by atoms with Crippen molar-refractivity contribution in [3.8, 4) is 11.5 Å². The van der Waals surface area contributed by atoms with Crippen LogP contribution in [0.25, 0.3) is 0 Å². The Morgan fingerprint density at radius 2 is 1.85 bits per heavy atom. The molecule has 0 aliphatic rings. The van der Waals surface area contributed by atoms with E-state index in [1.165, 1.54) is 12.1 Å². The summed E-state index contributed by atoms with van der Waals surface area (Å²) in [6.07, 6.45) is 0. The van der Waals surface area contributed by atoms with Gasteiger partial charge in [-0.3, -0.25) is 14.9 Å². The maximum atomic E-state index is 11.2. The summed E-state index contributed by atoms with van der Waals surface area (Å²) in [6.45, 7) is 0. The minimum Gasteiger partial charge on any atom is -0.456 e. The van der Waals surface area contributed by atoms with Gasteiger partial charge in [-0.15, -0.1) is 0 Å². The second kappa shape index (κ2) is 5.58. The highest BCUT2D eigenvalue weighted by Crippen LogP contribution is 2.38. The zero-order chi connectivity index (χ0) is 14.7. The molecule has 0 saturated carbocycles. The minimum absolute atomic E-state index is 0.0783. The maximum Gasteiger partial charge on any atom is 0.304 e. The number of hydrogen-bond donors (Lipinski definition) is 1. The highest BCUT2D eigenvalue weighted by molar-refractivity contribution is 6.35. The number of amides is 1. The lowest BCUT2D eigenvalue weighted by Gasteiger charge is -2.09.